The molecule has 2 N–H and O–H groups in total. The minimum Gasteiger partial charge on any atom is -0.344 e. The molecular weight excluding hydrogens is 278 g/mol. The molecule has 2 aromatic rings. The number of benzene rings is 1. The molecule has 5 heteroatoms. The highest BCUT2D eigenvalue weighted by Gasteiger charge is 2.23. The molecule has 1 aromatic heterocycles. The van der Waals surface area contributed by atoms with Crippen molar-refractivity contribution in [3.8, 4) is 0 Å². The van der Waals surface area contributed by atoms with E-state index >= 15 is 0 Å². The molecule has 1 atom stereocenters. The normalized spacial score (nSPS) is 15.4. The summed E-state index contributed by atoms with van der Waals surface area (Å²) in [5, 5.41) is 2.88. The van der Waals surface area contributed by atoms with Crippen LogP contribution in [0.4, 0.5) is 0 Å². The van der Waals surface area contributed by atoms with Gasteiger partial charge < -0.3 is 10.3 Å². The van der Waals surface area contributed by atoms with Crippen molar-refractivity contribution in [3.63, 3.8) is 0 Å². The van der Waals surface area contributed by atoms with Crippen molar-refractivity contribution in [2.75, 3.05) is 0 Å². The third-order valence-corrected chi connectivity index (χ3v) is 3.93. The van der Waals surface area contributed by atoms with Gasteiger partial charge in [0.15, 0.2) is 0 Å². The van der Waals surface area contributed by atoms with Gasteiger partial charge in [0.1, 0.15) is 11.5 Å². The molecule has 3 rings (SSSR count). The topological polar surface area (TPSA) is 74.8 Å². The van der Waals surface area contributed by atoms with Gasteiger partial charge in [0.25, 0.3) is 11.5 Å². The average Bonchev–Trinajstić information content (AvgIpc) is 3.31. The van der Waals surface area contributed by atoms with E-state index in [-0.39, 0.29) is 23.2 Å². The molecule has 0 saturated heterocycles. The molecule has 1 fully saturated rings. The van der Waals surface area contributed by atoms with E-state index in [1.165, 1.54) is 24.5 Å². The van der Waals surface area contributed by atoms with E-state index in [2.05, 4.69) is 39.6 Å². The van der Waals surface area contributed by atoms with Gasteiger partial charge in [-0.1, -0.05) is 24.3 Å². The highest BCUT2D eigenvalue weighted by molar-refractivity contribution is 5.92. The Morgan fingerprint density at radius 3 is 2.59 bits per heavy atom. The third kappa shape index (κ3) is 3.24. The Balaban J connectivity index is 1.70. The average molecular weight is 297 g/mol. The first-order valence-corrected chi connectivity index (χ1v) is 7.51. The Labute approximate surface area is 128 Å². The molecule has 1 amide bonds. The maximum absolute atomic E-state index is 12.2. The van der Waals surface area contributed by atoms with E-state index in [4.69, 9.17) is 0 Å². The van der Waals surface area contributed by atoms with Crippen LogP contribution in [0.25, 0.3) is 0 Å². The minimum atomic E-state index is -0.340. The Bertz CT molecular complexity index is 745. The van der Waals surface area contributed by atoms with Crippen LogP contribution in [0.15, 0.2) is 35.1 Å². The lowest BCUT2D eigenvalue weighted by molar-refractivity contribution is 0.0934. The Hall–Kier alpha value is -2.43. The van der Waals surface area contributed by atoms with Gasteiger partial charge in [0.2, 0.25) is 0 Å². The largest absolute Gasteiger partial charge is 0.344 e. The van der Waals surface area contributed by atoms with Crippen LogP contribution in [0.1, 0.15) is 59.2 Å². The van der Waals surface area contributed by atoms with Crippen LogP contribution in [0.5, 0.6) is 0 Å². The maximum atomic E-state index is 12.2. The van der Waals surface area contributed by atoms with E-state index in [1.807, 2.05) is 6.92 Å². The molecule has 1 heterocycles. The number of aryl methyl sites for hydroxylation is 1. The van der Waals surface area contributed by atoms with Crippen molar-refractivity contribution < 1.29 is 4.79 Å². The van der Waals surface area contributed by atoms with Gasteiger partial charge in [-0.2, -0.15) is 0 Å². The Kier molecular flexibility index (Phi) is 3.79. The molecular formula is C17H19N3O2. The van der Waals surface area contributed by atoms with E-state index in [0.29, 0.717) is 5.82 Å². The van der Waals surface area contributed by atoms with Crippen LogP contribution >= 0.6 is 0 Å². The Morgan fingerprint density at radius 2 is 2.00 bits per heavy atom. The summed E-state index contributed by atoms with van der Waals surface area (Å²) in [6, 6.07) is 9.44. The van der Waals surface area contributed by atoms with Gasteiger partial charge in [0.05, 0.1) is 6.04 Å². The van der Waals surface area contributed by atoms with Crippen LogP contribution in [-0.4, -0.2) is 15.9 Å². The predicted molar refractivity (Wildman–Crippen MR) is 83.9 cm³/mol. The zero-order valence-corrected chi connectivity index (χ0v) is 12.7. The smallest absolute Gasteiger partial charge is 0.270 e. The number of aromatic nitrogens is 2. The van der Waals surface area contributed by atoms with Crippen molar-refractivity contribution >= 4 is 5.91 Å². The molecule has 0 aliphatic heterocycles. The van der Waals surface area contributed by atoms with Crippen LogP contribution in [0.3, 0.4) is 0 Å². The quantitative estimate of drug-likeness (QED) is 0.910. The molecule has 1 saturated carbocycles. The van der Waals surface area contributed by atoms with Crippen molar-refractivity contribution in [3.05, 3.63) is 63.3 Å². The van der Waals surface area contributed by atoms with Crippen LogP contribution in [0, 0.1) is 6.92 Å². The molecule has 1 aromatic carbocycles. The first-order valence-electron chi connectivity index (χ1n) is 7.51. The second-order valence-electron chi connectivity index (χ2n) is 5.85. The maximum Gasteiger partial charge on any atom is 0.270 e. The summed E-state index contributed by atoms with van der Waals surface area (Å²) < 4.78 is 0. The summed E-state index contributed by atoms with van der Waals surface area (Å²) in [5.74, 6) is 0.814. The van der Waals surface area contributed by atoms with Gasteiger partial charge in [-0.15, -0.1) is 0 Å². The first-order chi connectivity index (χ1) is 10.5. The van der Waals surface area contributed by atoms with Crippen molar-refractivity contribution in [2.24, 2.45) is 0 Å². The minimum absolute atomic E-state index is 0.137. The fourth-order valence-corrected chi connectivity index (χ4v) is 2.52. The fraction of sp³-hybridized carbons (Fsp3) is 0.353. The van der Waals surface area contributed by atoms with E-state index < -0.39 is 0 Å². The summed E-state index contributed by atoms with van der Waals surface area (Å²) >= 11 is 0. The summed E-state index contributed by atoms with van der Waals surface area (Å²) in [4.78, 5) is 30.2. The van der Waals surface area contributed by atoms with Gasteiger partial charge in [-0.3, -0.25) is 9.59 Å². The highest BCUT2D eigenvalue weighted by atomic mass is 16.2. The van der Waals surface area contributed by atoms with Crippen molar-refractivity contribution in [1.82, 2.24) is 15.3 Å². The molecule has 5 nitrogen and oxygen atoms in total. The van der Waals surface area contributed by atoms with E-state index in [0.717, 1.165) is 11.5 Å². The SMILES string of the molecule is Cc1nc(C(=O)N[C@H](C)c2ccc(C3CC3)cc2)cc(=O)[nH]1. The standard InChI is InChI=1S/C17H19N3O2/c1-10(12-3-5-13(6-4-12)14-7-8-14)18-17(22)15-9-16(21)20-11(2)19-15/h3-6,9-10,14H,7-8H2,1-2H3,(H,18,22)(H,19,20,21)/t10-/m1/s1. The monoisotopic (exact) mass is 297 g/mol. The van der Waals surface area contributed by atoms with Crippen molar-refractivity contribution in [2.45, 2.75) is 38.6 Å². The fourth-order valence-electron chi connectivity index (χ4n) is 2.52. The molecule has 0 radical (unpaired) electrons. The van der Waals surface area contributed by atoms with Crippen LogP contribution < -0.4 is 10.9 Å². The molecule has 1 aliphatic carbocycles. The molecule has 0 unspecified atom stereocenters. The number of H-pyrrole nitrogens is 1. The third-order valence-electron chi connectivity index (χ3n) is 3.93. The van der Waals surface area contributed by atoms with Crippen LogP contribution in [-0.2, 0) is 0 Å². The summed E-state index contributed by atoms with van der Waals surface area (Å²) in [5.41, 5.74) is 2.23. The highest BCUT2D eigenvalue weighted by Crippen LogP contribution is 2.40. The second kappa shape index (κ2) is 5.75. The number of carbonyl (C=O) groups excluding carboxylic acids is 1. The lowest BCUT2D eigenvalue weighted by atomic mass is 10.0. The van der Waals surface area contributed by atoms with E-state index in [9.17, 15) is 9.59 Å². The summed E-state index contributed by atoms with van der Waals surface area (Å²) in [6.45, 7) is 3.57. The summed E-state index contributed by atoms with van der Waals surface area (Å²) in [6.07, 6.45) is 2.55. The number of carbonyl (C=O) groups is 1. The molecule has 1 aliphatic rings. The number of rotatable bonds is 4. The van der Waals surface area contributed by atoms with E-state index in [1.54, 1.807) is 6.92 Å². The Morgan fingerprint density at radius 1 is 1.32 bits per heavy atom. The van der Waals surface area contributed by atoms with Gasteiger partial charge in [-0.25, -0.2) is 4.98 Å². The van der Waals surface area contributed by atoms with Gasteiger partial charge in [-0.05, 0) is 43.7 Å². The number of amides is 1. The number of nitrogens with one attached hydrogen (secondary N) is 2. The molecule has 0 spiro atoms. The molecule has 22 heavy (non-hydrogen) atoms. The van der Waals surface area contributed by atoms with Crippen molar-refractivity contribution in [1.29, 1.82) is 0 Å². The zero-order chi connectivity index (χ0) is 15.7. The number of aromatic amines is 1. The van der Waals surface area contributed by atoms with Gasteiger partial charge >= 0.3 is 0 Å². The first kappa shape index (κ1) is 14.5. The lowest BCUT2D eigenvalue weighted by Gasteiger charge is -2.14. The lowest BCUT2D eigenvalue weighted by Crippen LogP contribution is -2.29. The number of hydrogen-bond donors (Lipinski definition) is 2. The number of nitrogens with zero attached hydrogens (tertiary/aromatic N) is 1. The number of hydrogen-bond acceptors (Lipinski definition) is 3. The zero-order valence-electron chi connectivity index (χ0n) is 12.7. The molecule has 0 bridgehead atoms. The van der Waals surface area contributed by atoms with Gasteiger partial charge in [0, 0.05) is 6.07 Å². The van der Waals surface area contributed by atoms with Crippen LogP contribution in [0.2, 0.25) is 0 Å². The molecule has 114 valence electrons. The second-order valence-corrected chi connectivity index (χ2v) is 5.85. The predicted octanol–water partition coefficient (Wildman–Crippen LogP) is 2.45. The summed E-state index contributed by atoms with van der Waals surface area (Å²) in [7, 11) is 0.